The lowest BCUT2D eigenvalue weighted by molar-refractivity contribution is -0.188. The molecular weight excluding hydrogens is 232 g/mol. The van der Waals surface area contributed by atoms with Crippen molar-refractivity contribution in [1.29, 1.82) is 0 Å². The van der Waals surface area contributed by atoms with Gasteiger partial charge in [0.2, 0.25) is 0 Å². The zero-order chi connectivity index (χ0) is 13.8. The van der Waals surface area contributed by atoms with E-state index in [0.29, 0.717) is 0 Å². The Balaban J connectivity index is 4.09. The Hall–Kier alpha value is -0.810. The van der Waals surface area contributed by atoms with Crippen LogP contribution in [0.5, 0.6) is 0 Å². The fourth-order valence-electron chi connectivity index (χ4n) is 1.63. The molecule has 0 spiro atoms. The molecule has 0 saturated heterocycles. The van der Waals surface area contributed by atoms with Crippen LogP contribution in [-0.2, 0) is 9.68 Å². The van der Waals surface area contributed by atoms with E-state index < -0.39 is 6.16 Å². The predicted octanol–water partition coefficient (Wildman–Crippen LogP) is 3.21. The molecule has 18 heavy (non-hydrogen) atoms. The Kier molecular flexibility index (Phi) is 10.8. The molecule has 0 unspecified atom stereocenters. The normalized spacial score (nSPS) is 11.0. The molecule has 0 rings (SSSR count). The van der Waals surface area contributed by atoms with E-state index in [0.717, 1.165) is 51.9 Å². The van der Waals surface area contributed by atoms with Crippen LogP contribution in [-0.4, -0.2) is 42.5 Å². The summed E-state index contributed by atoms with van der Waals surface area (Å²) in [6.07, 6.45) is 3.16. The zero-order valence-corrected chi connectivity index (χ0v) is 12.3. The summed E-state index contributed by atoms with van der Waals surface area (Å²) >= 11 is 0. The number of carbonyl (C=O) groups excluding carboxylic acids is 1. The topological polar surface area (TPSA) is 42.0 Å². The maximum absolute atomic E-state index is 11.6. The Labute approximate surface area is 111 Å². The van der Waals surface area contributed by atoms with Crippen molar-refractivity contribution in [3.8, 4) is 0 Å². The summed E-state index contributed by atoms with van der Waals surface area (Å²) in [7, 11) is 0. The zero-order valence-electron chi connectivity index (χ0n) is 12.3. The molecule has 0 aliphatic carbocycles. The van der Waals surface area contributed by atoms with Crippen molar-refractivity contribution in [2.45, 2.75) is 53.4 Å². The lowest BCUT2D eigenvalue weighted by Crippen LogP contribution is -2.34. The third kappa shape index (κ3) is 8.31. The largest absolute Gasteiger partial charge is 0.547 e. The Bertz CT molecular complexity index is 180. The van der Waals surface area contributed by atoms with Gasteiger partial charge in [0.1, 0.15) is 0 Å². The first-order valence-electron chi connectivity index (χ1n) is 7.07. The van der Waals surface area contributed by atoms with E-state index in [2.05, 4.69) is 27.7 Å². The van der Waals surface area contributed by atoms with Gasteiger partial charge in [-0.05, 0) is 25.7 Å². The third-order valence-electron chi connectivity index (χ3n) is 2.30. The molecule has 0 fully saturated rings. The molecule has 0 radical (unpaired) electrons. The highest BCUT2D eigenvalue weighted by molar-refractivity contribution is 5.59. The van der Waals surface area contributed by atoms with Gasteiger partial charge in [0.15, 0.2) is 0 Å². The van der Waals surface area contributed by atoms with Crippen LogP contribution < -0.4 is 0 Å². The molecule has 108 valence electrons. The van der Waals surface area contributed by atoms with Crippen LogP contribution in [0.2, 0.25) is 0 Å². The number of hydrogen-bond acceptors (Lipinski definition) is 5. The van der Waals surface area contributed by atoms with Gasteiger partial charge in [0.05, 0.1) is 0 Å². The summed E-state index contributed by atoms with van der Waals surface area (Å²) < 4.78 is 0. The SMILES string of the molecule is CCCN(CCC)OC(=O)ON(CCC)CCC. The van der Waals surface area contributed by atoms with E-state index in [1.54, 1.807) is 10.1 Å². The van der Waals surface area contributed by atoms with Gasteiger partial charge in [-0.15, -0.1) is 10.1 Å². The quantitative estimate of drug-likeness (QED) is 0.564. The second kappa shape index (κ2) is 11.3. The molecule has 0 bridgehead atoms. The fraction of sp³-hybridized carbons (Fsp3) is 0.923. The summed E-state index contributed by atoms with van der Waals surface area (Å²) in [4.78, 5) is 22.0. The van der Waals surface area contributed by atoms with Gasteiger partial charge in [-0.1, -0.05) is 27.7 Å². The maximum atomic E-state index is 11.6. The molecule has 0 heterocycles. The van der Waals surface area contributed by atoms with Crippen LogP contribution in [0.15, 0.2) is 0 Å². The summed E-state index contributed by atoms with van der Waals surface area (Å²) in [5.74, 6) is 0. The van der Waals surface area contributed by atoms with E-state index in [1.807, 2.05) is 0 Å². The van der Waals surface area contributed by atoms with Crippen molar-refractivity contribution in [3.63, 3.8) is 0 Å². The van der Waals surface area contributed by atoms with Crippen molar-refractivity contribution in [2.24, 2.45) is 0 Å². The first-order chi connectivity index (χ1) is 8.67. The molecule has 0 amide bonds. The van der Waals surface area contributed by atoms with Gasteiger partial charge in [0.25, 0.3) is 0 Å². The number of rotatable bonds is 10. The van der Waals surface area contributed by atoms with Crippen LogP contribution >= 0.6 is 0 Å². The molecule has 0 aromatic carbocycles. The van der Waals surface area contributed by atoms with Crippen LogP contribution in [0, 0.1) is 0 Å². The van der Waals surface area contributed by atoms with E-state index in [1.165, 1.54) is 0 Å². The molecule has 0 aliphatic rings. The van der Waals surface area contributed by atoms with Crippen molar-refractivity contribution in [3.05, 3.63) is 0 Å². The number of hydroxylamine groups is 4. The Morgan fingerprint density at radius 3 is 1.22 bits per heavy atom. The Morgan fingerprint density at radius 1 is 0.722 bits per heavy atom. The van der Waals surface area contributed by atoms with Gasteiger partial charge >= 0.3 is 6.16 Å². The lowest BCUT2D eigenvalue weighted by atomic mass is 10.4. The van der Waals surface area contributed by atoms with Gasteiger partial charge in [-0.3, -0.25) is 0 Å². The Morgan fingerprint density at radius 2 is 1.00 bits per heavy atom. The van der Waals surface area contributed by atoms with Crippen LogP contribution in [0.3, 0.4) is 0 Å². The monoisotopic (exact) mass is 260 g/mol. The summed E-state index contributed by atoms with van der Waals surface area (Å²) in [5.41, 5.74) is 0. The maximum Gasteiger partial charge on any atom is 0.547 e. The average molecular weight is 260 g/mol. The predicted molar refractivity (Wildman–Crippen MR) is 71.9 cm³/mol. The molecule has 5 heteroatoms. The number of carbonyl (C=O) groups is 1. The molecular formula is C13H28N2O3. The van der Waals surface area contributed by atoms with Crippen molar-refractivity contribution >= 4 is 6.16 Å². The van der Waals surface area contributed by atoms with Crippen LogP contribution in [0.25, 0.3) is 0 Å². The summed E-state index contributed by atoms with van der Waals surface area (Å²) in [5, 5.41) is 3.33. The highest BCUT2D eigenvalue weighted by Gasteiger charge is 2.15. The van der Waals surface area contributed by atoms with Gasteiger partial charge < -0.3 is 9.68 Å². The van der Waals surface area contributed by atoms with Crippen molar-refractivity contribution in [1.82, 2.24) is 10.1 Å². The van der Waals surface area contributed by atoms with E-state index in [9.17, 15) is 4.79 Å². The molecule has 5 nitrogen and oxygen atoms in total. The van der Waals surface area contributed by atoms with Gasteiger partial charge in [0, 0.05) is 26.2 Å². The van der Waals surface area contributed by atoms with Gasteiger partial charge in [-0.2, -0.15) is 4.79 Å². The summed E-state index contributed by atoms with van der Waals surface area (Å²) in [6, 6.07) is 0. The average Bonchev–Trinajstić information content (AvgIpc) is 2.30. The minimum atomic E-state index is -0.626. The standard InChI is InChI=1S/C13H28N2O3/c1-5-9-14(10-6-2)17-13(16)18-15(11-7-3)12-8-4/h5-12H2,1-4H3. The number of hydrogen-bond donors (Lipinski definition) is 0. The van der Waals surface area contributed by atoms with E-state index in [-0.39, 0.29) is 0 Å². The van der Waals surface area contributed by atoms with Crippen molar-refractivity contribution < 1.29 is 14.5 Å². The number of nitrogens with zero attached hydrogens (tertiary/aromatic N) is 2. The van der Waals surface area contributed by atoms with Crippen molar-refractivity contribution in [2.75, 3.05) is 26.2 Å². The molecule has 0 aliphatic heterocycles. The highest BCUT2D eigenvalue weighted by Crippen LogP contribution is 2.02. The van der Waals surface area contributed by atoms with Crippen LogP contribution in [0.1, 0.15) is 53.4 Å². The molecule has 0 aromatic rings. The molecule has 0 N–H and O–H groups in total. The van der Waals surface area contributed by atoms with Gasteiger partial charge in [-0.25, -0.2) is 0 Å². The lowest BCUT2D eigenvalue weighted by Gasteiger charge is -2.23. The van der Waals surface area contributed by atoms with E-state index >= 15 is 0 Å². The first kappa shape index (κ1) is 17.2. The van der Waals surface area contributed by atoms with E-state index in [4.69, 9.17) is 9.68 Å². The third-order valence-corrected chi connectivity index (χ3v) is 2.30. The fourth-order valence-corrected chi connectivity index (χ4v) is 1.63. The minimum Gasteiger partial charge on any atom is -0.334 e. The summed E-state index contributed by atoms with van der Waals surface area (Å²) in [6.45, 7) is 11.2. The second-order valence-corrected chi connectivity index (χ2v) is 4.29. The highest BCUT2D eigenvalue weighted by atomic mass is 16.9. The smallest absolute Gasteiger partial charge is 0.334 e. The second-order valence-electron chi connectivity index (χ2n) is 4.29. The van der Waals surface area contributed by atoms with Crippen LogP contribution in [0.4, 0.5) is 4.79 Å². The molecule has 0 saturated carbocycles. The first-order valence-corrected chi connectivity index (χ1v) is 7.07. The molecule has 0 aromatic heterocycles. The molecule has 0 atom stereocenters. The minimum absolute atomic E-state index is 0.626.